The van der Waals surface area contributed by atoms with Gasteiger partial charge in [-0.15, -0.1) is 0 Å². The first-order chi connectivity index (χ1) is 12.1. The standard InChI is InChI=1S/C19H20N2O4/c22-18-9-5-4-8-16(18)20-15-11-10-14(12-17(15)21(24)25)19(23)13-6-2-1-3-7-13/h1-3,6-7,10-12,16,18,20,22H,4-5,8-9H2/t16-,18+/m1/s1. The first-order valence-corrected chi connectivity index (χ1v) is 8.39. The number of carbonyl (C=O) groups is 1. The number of ketones is 1. The Morgan fingerprint density at radius 1 is 1.08 bits per heavy atom. The number of aliphatic hydroxyl groups excluding tert-OH is 1. The third-order valence-electron chi connectivity index (χ3n) is 4.56. The molecule has 1 saturated carbocycles. The van der Waals surface area contributed by atoms with Crippen LogP contribution in [-0.4, -0.2) is 28.0 Å². The number of nitrogens with one attached hydrogen (secondary N) is 1. The van der Waals surface area contributed by atoms with Gasteiger partial charge >= 0.3 is 0 Å². The summed E-state index contributed by atoms with van der Waals surface area (Å²) in [5.74, 6) is -0.257. The van der Waals surface area contributed by atoms with Crippen molar-refractivity contribution in [2.45, 2.75) is 37.8 Å². The van der Waals surface area contributed by atoms with E-state index in [1.54, 1.807) is 36.4 Å². The zero-order valence-electron chi connectivity index (χ0n) is 13.7. The Bertz CT molecular complexity index is 776. The molecule has 1 aliphatic carbocycles. The normalized spacial score (nSPS) is 20.0. The maximum absolute atomic E-state index is 12.5. The molecule has 2 aromatic carbocycles. The van der Waals surface area contributed by atoms with E-state index in [2.05, 4.69) is 5.32 Å². The number of carbonyl (C=O) groups excluding carboxylic acids is 1. The molecule has 0 heterocycles. The van der Waals surface area contributed by atoms with E-state index < -0.39 is 11.0 Å². The third-order valence-corrected chi connectivity index (χ3v) is 4.56. The molecule has 6 nitrogen and oxygen atoms in total. The minimum atomic E-state index is -0.515. The van der Waals surface area contributed by atoms with E-state index in [1.807, 2.05) is 6.07 Å². The smallest absolute Gasteiger partial charge is 0.293 e. The number of nitrogens with zero attached hydrogens (tertiary/aromatic N) is 1. The van der Waals surface area contributed by atoms with Crippen LogP contribution in [0.15, 0.2) is 48.5 Å². The number of hydrogen-bond donors (Lipinski definition) is 2. The lowest BCUT2D eigenvalue weighted by molar-refractivity contribution is -0.384. The average molecular weight is 340 g/mol. The molecule has 1 aliphatic rings. The second kappa shape index (κ2) is 7.44. The molecular weight excluding hydrogens is 320 g/mol. The highest BCUT2D eigenvalue weighted by atomic mass is 16.6. The third kappa shape index (κ3) is 3.85. The highest BCUT2D eigenvalue weighted by molar-refractivity contribution is 6.09. The minimum absolute atomic E-state index is 0.153. The summed E-state index contributed by atoms with van der Waals surface area (Å²) in [6, 6.07) is 12.9. The van der Waals surface area contributed by atoms with Gasteiger partial charge in [-0.1, -0.05) is 43.2 Å². The lowest BCUT2D eigenvalue weighted by Gasteiger charge is -2.29. The van der Waals surface area contributed by atoms with Gasteiger partial charge in [0, 0.05) is 17.2 Å². The largest absolute Gasteiger partial charge is 0.391 e. The van der Waals surface area contributed by atoms with Crippen molar-refractivity contribution in [1.82, 2.24) is 0 Å². The van der Waals surface area contributed by atoms with Crippen molar-refractivity contribution in [3.05, 3.63) is 69.8 Å². The van der Waals surface area contributed by atoms with Crippen molar-refractivity contribution in [3.8, 4) is 0 Å². The van der Waals surface area contributed by atoms with Crippen molar-refractivity contribution < 1.29 is 14.8 Å². The molecule has 2 atom stereocenters. The highest BCUT2D eigenvalue weighted by Crippen LogP contribution is 2.30. The highest BCUT2D eigenvalue weighted by Gasteiger charge is 2.26. The lowest BCUT2D eigenvalue weighted by Crippen LogP contribution is -2.36. The van der Waals surface area contributed by atoms with E-state index in [0.29, 0.717) is 17.7 Å². The van der Waals surface area contributed by atoms with E-state index in [1.165, 1.54) is 6.07 Å². The van der Waals surface area contributed by atoms with Crippen LogP contribution in [0.1, 0.15) is 41.6 Å². The molecule has 0 aromatic heterocycles. The van der Waals surface area contributed by atoms with Gasteiger partial charge < -0.3 is 10.4 Å². The SMILES string of the molecule is O=C(c1ccccc1)c1ccc(N[C@@H]2CCCC[C@@H]2O)c([N+](=O)[O-])c1. The molecule has 2 N–H and O–H groups in total. The predicted octanol–water partition coefficient (Wildman–Crippen LogP) is 3.54. The Morgan fingerprint density at radius 3 is 2.48 bits per heavy atom. The molecule has 0 spiro atoms. The van der Waals surface area contributed by atoms with Gasteiger partial charge in [-0.25, -0.2) is 0 Å². The van der Waals surface area contributed by atoms with Crippen molar-refractivity contribution in [2.24, 2.45) is 0 Å². The van der Waals surface area contributed by atoms with Crippen molar-refractivity contribution in [2.75, 3.05) is 5.32 Å². The van der Waals surface area contributed by atoms with Crippen LogP contribution in [0.4, 0.5) is 11.4 Å². The van der Waals surface area contributed by atoms with Crippen LogP contribution in [-0.2, 0) is 0 Å². The van der Waals surface area contributed by atoms with Crippen LogP contribution < -0.4 is 5.32 Å². The number of nitro benzene ring substituents is 1. The molecule has 0 amide bonds. The van der Waals surface area contributed by atoms with E-state index >= 15 is 0 Å². The van der Waals surface area contributed by atoms with Crippen LogP contribution in [0, 0.1) is 10.1 Å². The van der Waals surface area contributed by atoms with Crippen LogP contribution >= 0.6 is 0 Å². The summed E-state index contributed by atoms with van der Waals surface area (Å²) in [5.41, 5.74) is 0.938. The fourth-order valence-corrected chi connectivity index (χ4v) is 3.18. The average Bonchev–Trinajstić information content (AvgIpc) is 2.64. The number of hydrogen-bond acceptors (Lipinski definition) is 5. The van der Waals surface area contributed by atoms with Crippen molar-refractivity contribution in [3.63, 3.8) is 0 Å². The molecule has 1 fully saturated rings. The van der Waals surface area contributed by atoms with Crippen molar-refractivity contribution in [1.29, 1.82) is 0 Å². The van der Waals surface area contributed by atoms with Gasteiger partial charge in [0.15, 0.2) is 5.78 Å². The number of anilines is 1. The van der Waals surface area contributed by atoms with Gasteiger partial charge in [0.25, 0.3) is 5.69 Å². The molecule has 25 heavy (non-hydrogen) atoms. The number of benzene rings is 2. The first-order valence-electron chi connectivity index (χ1n) is 8.39. The monoisotopic (exact) mass is 340 g/mol. The van der Waals surface area contributed by atoms with Gasteiger partial charge in [-0.3, -0.25) is 14.9 Å². The Hall–Kier alpha value is -2.73. The summed E-state index contributed by atoms with van der Waals surface area (Å²) in [7, 11) is 0. The summed E-state index contributed by atoms with van der Waals surface area (Å²) in [4.78, 5) is 23.4. The Morgan fingerprint density at radius 2 is 1.80 bits per heavy atom. The summed E-state index contributed by atoms with van der Waals surface area (Å²) >= 11 is 0. The van der Waals surface area contributed by atoms with Crippen LogP contribution in [0.2, 0.25) is 0 Å². The first kappa shape index (κ1) is 17.1. The Kier molecular flexibility index (Phi) is 5.09. The summed E-state index contributed by atoms with van der Waals surface area (Å²) in [6.07, 6.45) is 2.89. The number of aliphatic hydroxyl groups is 1. The lowest BCUT2D eigenvalue weighted by atomic mass is 9.92. The molecule has 0 radical (unpaired) electrons. The molecule has 6 heteroatoms. The van der Waals surface area contributed by atoms with E-state index in [-0.39, 0.29) is 23.1 Å². The molecule has 0 bridgehead atoms. The van der Waals surface area contributed by atoms with Gasteiger partial charge in [-0.05, 0) is 25.0 Å². The van der Waals surface area contributed by atoms with Crippen LogP contribution in [0.5, 0.6) is 0 Å². The quantitative estimate of drug-likeness (QED) is 0.493. The van der Waals surface area contributed by atoms with Gasteiger partial charge in [-0.2, -0.15) is 0 Å². The zero-order chi connectivity index (χ0) is 17.8. The predicted molar refractivity (Wildman–Crippen MR) is 94.9 cm³/mol. The Balaban J connectivity index is 1.88. The zero-order valence-corrected chi connectivity index (χ0v) is 13.7. The molecule has 2 aromatic rings. The Labute approximate surface area is 145 Å². The second-order valence-corrected chi connectivity index (χ2v) is 6.29. The van der Waals surface area contributed by atoms with E-state index in [0.717, 1.165) is 19.3 Å². The molecule has 3 rings (SSSR count). The fraction of sp³-hybridized carbons (Fsp3) is 0.316. The number of nitro groups is 1. The number of rotatable bonds is 5. The van der Waals surface area contributed by atoms with Crippen LogP contribution in [0.25, 0.3) is 0 Å². The van der Waals surface area contributed by atoms with Gasteiger partial charge in [0.05, 0.1) is 17.1 Å². The fourth-order valence-electron chi connectivity index (χ4n) is 3.18. The van der Waals surface area contributed by atoms with E-state index in [4.69, 9.17) is 0 Å². The maximum atomic E-state index is 12.5. The summed E-state index contributed by atoms with van der Waals surface area (Å²) in [5, 5.41) is 24.6. The molecule has 0 unspecified atom stereocenters. The molecule has 0 saturated heterocycles. The molecule has 0 aliphatic heterocycles. The summed E-state index contributed by atoms with van der Waals surface area (Å²) in [6.45, 7) is 0. The minimum Gasteiger partial charge on any atom is -0.391 e. The maximum Gasteiger partial charge on any atom is 0.293 e. The topological polar surface area (TPSA) is 92.5 Å². The van der Waals surface area contributed by atoms with Gasteiger partial charge in [0.2, 0.25) is 0 Å². The van der Waals surface area contributed by atoms with E-state index in [9.17, 15) is 20.0 Å². The molecular formula is C19H20N2O4. The second-order valence-electron chi connectivity index (χ2n) is 6.29. The van der Waals surface area contributed by atoms with Crippen molar-refractivity contribution >= 4 is 17.2 Å². The van der Waals surface area contributed by atoms with Gasteiger partial charge in [0.1, 0.15) is 5.69 Å². The molecule has 130 valence electrons. The summed E-state index contributed by atoms with van der Waals surface area (Å²) < 4.78 is 0. The van der Waals surface area contributed by atoms with Crippen LogP contribution in [0.3, 0.4) is 0 Å².